The summed E-state index contributed by atoms with van der Waals surface area (Å²) in [5.74, 6) is -1.52. The van der Waals surface area contributed by atoms with Gasteiger partial charge in [0, 0.05) is 10.0 Å². The minimum absolute atomic E-state index is 0.341. The van der Waals surface area contributed by atoms with Crippen LogP contribution >= 0.6 is 23.2 Å². The maximum absolute atomic E-state index is 13.8. The molecule has 0 radical (unpaired) electrons. The van der Waals surface area contributed by atoms with Crippen LogP contribution in [0, 0.1) is 5.92 Å². The highest BCUT2D eigenvalue weighted by molar-refractivity contribution is 6.35. The predicted molar refractivity (Wildman–Crippen MR) is 133 cm³/mol. The molecule has 7 heteroatoms. The Labute approximate surface area is 206 Å². The minimum atomic E-state index is -0.963. The van der Waals surface area contributed by atoms with Gasteiger partial charge in [-0.15, -0.1) is 0 Å². The first-order chi connectivity index (χ1) is 16.5. The number of anilines is 2. The number of hydrogen-bond acceptors (Lipinski definition) is 4. The third-order valence-corrected chi connectivity index (χ3v) is 6.81. The van der Waals surface area contributed by atoms with Crippen LogP contribution in [-0.2, 0) is 14.4 Å². The molecule has 0 aliphatic carbocycles. The van der Waals surface area contributed by atoms with Crippen molar-refractivity contribution in [2.75, 3.05) is 9.96 Å². The van der Waals surface area contributed by atoms with Crippen molar-refractivity contribution in [1.29, 1.82) is 0 Å². The molecule has 0 spiro atoms. The molecule has 6 rings (SSSR count). The molecule has 4 aromatic rings. The molecule has 168 valence electrons. The van der Waals surface area contributed by atoms with E-state index in [4.69, 9.17) is 28.0 Å². The second-order valence-corrected chi connectivity index (χ2v) is 9.24. The van der Waals surface area contributed by atoms with Crippen molar-refractivity contribution in [3.05, 3.63) is 107 Å². The van der Waals surface area contributed by atoms with Crippen LogP contribution < -0.4 is 9.96 Å². The third kappa shape index (κ3) is 3.28. The van der Waals surface area contributed by atoms with Gasteiger partial charge in [0.25, 0.3) is 5.91 Å². The van der Waals surface area contributed by atoms with E-state index in [1.54, 1.807) is 23.3 Å². The lowest BCUT2D eigenvalue weighted by atomic mass is 9.87. The molecule has 0 unspecified atom stereocenters. The first-order valence-electron chi connectivity index (χ1n) is 10.9. The lowest BCUT2D eigenvalue weighted by Gasteiger charge is -2.29. The Kier molecular flexibility index (Phi) is 5.06. The number of para-hydroxylation sites is 1. The van der Waals surface area contributed by atoms with Gasteiger partial charge in [0.05, 0.1) is 17.4 Å². The number of hydroxylamine groups is 1. The summed E-state index contributed by atoms with van der Waals surface area (Å²) < 4.78 is 0. The van der Waals surface area contributed by atoms with E-state index in [9.17, 15) is 9.59 Å². The molecular weight excluding hydrogens is 471 g/mol. The van der Waals surface area contributed by atoms with Crippen LogP contribution in [0.1, 0.15) is 11.6 Å². The van der Waals surface area contributed by atoms with E-state index in [0.29, 0.717) is 15.7 Å². The highest BCUT2D eigenvalue weighted by Crippen LogP contribution is 2.49. The van der Waals surface area contributed by atoms with Crippen LogP contribution in [0.2, 0.25) is 10.0 Å². The Balaban J connectivity index is 1.51. The molecule has 34 heavy (non-hydrogen) atoms. The van der Waals surface area contributed by atoms with Crippen LogP contribution in [0.15, 0.2) is 91.0 Å². The monoisotopic (exact) mass is 488 g/mol. The summed E-state index contributed by atoms with van der Waals surface area (Å²) in [4.78, 5) is 34.7. The number of fused-ring (bicyclic) bond motifs is 2. The summed E-state index contributed by atoms with van der Waals surface area (Å²) in [5.41, 5.74) is 2.03. The Morgan fingerprint density at radius 2 is 1.38 bits per heavy atom. The fourth-order valence-corrected chi connectivity index (χ4v) is 5.47. The molecule has 2 amide bonds. The maximum Gasteiger partial charge on any atom is 0.266 e. The number of imide groups is 1. The summed E-state index contributed by atoms with van der Waals surface area (Å²) >= 11 is 12.3. The number of hydrogen-bond donors (Lipinski definition) is 0. The average molecular weight is 489 g/mol. The summed E-state index contributed by atoms with van der Waals surface area (Å²) in [7, 11) is 0. The molecule has 2 heterocycles. The highest BCUT2D eigenvalue weighted by atomic mass is 35.5. The van der Waals surface area contributed by atoms with Gasteiger partial charge in [-0.05, 0) is 46.7 Å². The molecule has 0 N–H and O–H groups in total. The van der Waals surface area contributed by atoms with Crippen molar-refractivity contribution in [3.63, 3.8) is 0 Å². The fourth-order valence-electron chi connectivity index (χ4n) is 4.96. The Morgan fingerprint density at radius 1 is 0.706 bits per heavy atom. The molecular formula is C27H18Cl2N2O3. The van der Waals surface area contributed by atoms with Crippen LogP contribution in [0.4, 0.5) is 11.4 Å². The van der Waals surface area contributed by atoms with Gasteiger partial charge in [0.1, 0.15) is 5.92 Å². The minimum Gasteiger partial charge on any atom is -0.273 e. The van der Waals surface area contributed by atoms with E-state index in [2.05, 4.69) is 0 Å². The second kappa shape index (κ2) is 8.13. The quantitative estimate of drug-likeness (QED) is 0.322. The van der Waals surface area contributed by atoms with Gasteiger partial charge in [-0.1, -0.05) is 83.9 Å². The molecule has 0 aromatic heterocycles. The van der Waals surface area contributed by atoms with E-state index < -0.39 is 24.0 Å². The Morgan fingerprint density at radius 3 is 2.15 bits per heavy atom. The zero-order chi connectivity index (χ0) is 23.4. The molecule has 2 fully saturated rings. The van der Waals surface area contributed by atoms with Crippen molar-refractivity contribution in [2.24, 2.45) is 5.92 Å². The molecule has 2 aliphatic rings. The van der Waals surface area contributed by atoms with E-state index in [1.165, 1.54) is 0 Å². The first kappa shape index (κ1) is 21.2. The van der Waals surface area contributed by atoms with Crippen molar-refractivity contribution < 1.29 is 14.4 Å². The van der Waals surface area contributed by atoms with E-state index in [1.807, 2.05) is 72.8 Å². The first-order valence-corrected chi connectivity index (χ1v) is 11.6. The highest BCUT2D eigenvalue weighted by Gasteiger charge is 2.60. The van der Waals surface area contributed by atoms with Gasteiger partial charge in [-0.2, -0.15) is 0 Å². The zero-order valence-corrected chi connectivity index (χ0v) is 19.3. The van der Waals surface area contributed by atoms with Crippen LogP contribution in [0.3, 0.4) is 0 Å². The number of carbonyl (C=O) groups excluding carboxylic acids is 2. The van der Waals surface area contributed by atoms with E-state index in [-0.39, 0.29) is 5.91 Å². The Hall–Kier alpha value is -3.38. The second-order valence-electron chi connectivity index (χ2n) is 8.37. The lowest BCUT2D eigenvalue weighted by molar-refractivity contribution is -0.126. The smallest absolute Gasteiger partial charge is 0.266 e. The summed E-state index contributed by atoms with van der Waals surface area (Å²) in [5, 5.41) is 4.45. The maximum atomic E-state index is 13.8. The summed E-state index contributed by atoms with van der Waals surface area (Å²) in [6.07, 6.45) is -0.963. The molecule has 0 saturated carbocycles. The van der Waals surface area contributed by atoms with Crippen molar-refractivity contribution in [2.45, 2.75) is 12.1 Å². The summed E-state index contributed by atoms with van der Waals surface area (Å²) in [6, 6.07) is 27.7. The molecule has 0 bridgehead atoms. The van der Waals surface area contributed by atoms with Crippen LogP contribution in [0.5, 0.6) is 0 Å². The third-order valence-electron chi connectivity index (χ3n) is 6.37. The Bertz CT molecular complexity index is 1420. The number of halogens is 2. The number of rotatable bonds is 3. The molecule has 5 nitrogen and oxygen atoms in total. The molecule has 2 aliphatic heterocycles. The SMILES string of the molecule is O=C1[C@H]2[C@@H](c3cccc4ccccc34)N(c3ccccc3)O[C@H]2C(=O)N1c1cc(Cl)cc(Cl)c1. The largest absolute Gasteiger partial charge is 0.273 e. The van der Waals surface area contributed by atoms with Crippen LogP contribution in [0.25, 0.3) is 10.8 Å². The number of carbonyl (C=O) groups is 2. The van der Waals surface area contributed by atoms with E-state index >= 15 is 0 Å². The number of nitrogens with zero attached hydrogens (tertiary/aromatic N) is 2. The average Bonchev–Trinajstić information content (AvgIpc) is 3.34. The van der Waals surface area contributed by atoms with Gasteiger partial charge in [0.15, 0.2) is 6.10 Å². The fraction of sp³-hybridized carbons (Fsp3) is 0.111. The molecule has 4 aromatic carbocycles. The van der Waals surface area contributed by atoms with Crippen molar-refractivity contribution >= 4 is 57.2 Å². The van der Waals surface area contributed by atoms with Crippen molar-refractivity contribution in [3.8, 4) is 0 Å². The lowest BCUT2D eigenvalue weighted by Crippen LogP contribution is -2.37. The number of benzene rings is 4. The van der Waals surface area contributed by atoms with Crippen LogP contribution in [-0.4, -0.2) is 17.9 Å². The molecule has 2 saturated heterocycles. The van der Waals surface area contributed by atoms with Crippen molar-refractivity contribution in [1.82, 2.24) is 0 Å². The summed E-state index contributed by atoms with van der Waals surface area (Å²) in [6.45, 7) is 0. The standard InChI is InChI=1S/C27H18Cl2N2O3/c28-17-13-18(29)15-20(14-17)30-26(32)23-24(22-12-6-8-16-7-4-5-11-21(16)22)31(34-25(23)27(30)33)19-9-2-1-3-10-19/h1-15,23-25H/t23-,24+,25+/m0/s1. The number of amides is 2. The normalized spacial score (nSPS) is 22.0. The molecule has 3 atom stereocenters. The topological polar surface area (TPSA) is 49.9 Å². The predicted octanol–water partition coefficient (Wildman–Crippen LogP) is 6.20. The van der Waals surface area contributed by atoms with Gasteiger partial charge >= 0.3 is 0 Å². The van der Waals surface area contributed by atoms with Gasteiger partial charge < -0.3 is 0 Å². The zero-order valence-electron chi connectivity index (χ0n) is 17.8. The van der Waals surface area contributed by atoms with Gasteiger partial charge in [-0.25, -0.2) is 9.96 Å². The van der Waals surface area contributed by atoms with E-state index in [0.717, 1.165) is 26.9 Å². The van der Waals surface area contributed by atoms with Gasteiger partial charge in [-0.3, -0.25) is 14.4 Å². The van der Waals surface area contributed by atoms with Gasteiger partial charge in [0.2, 0.25) is 5.91 Å².